The lowest BCUT2D eigenvalue weighted by atomic mass is 9.84. The Labute approximate surface area is 310 Å². The van der Waals surface area contributed by atoms with Crippen molar-refractivity contribution >= 4 is 11.6 Å². The van der Waals surface area contributed by atoms with Crippen molar-refractivity contribution in [2.24, 2.45) is 11.7 Å². The zero-order valence-corrected chi connectivity index (χ0v) is 31.9. The number of aliphatic hydroxyl groups is 1. The minimum absolute atomic E-state index is 0.0179. The number of likely N-dealkylation sites (tertiary alicyclic amines) is 1. The predicted molar refractivity (Wildman–Crippen MR) is 204 cm³/mol. The smallest absolute Gasteiger partial charge is 0.239 e. The molecule has 0 saturated carbocycles. The van der Waals surface area contributed by atoms with E-state index >= 15 is 0 Å². The van der Waals surface area contributed by atoms with Crippen LogP contribution in [0.5, 0.6) is 11.5 Å². The second-order valence-corrected chi connectivity index (χ2v) is 15.1. The minimum Gasteiger partial charge on any atom is -0.496 e. The molecule has 0 aromatic heterocycles. The van der Waals surface area contributed by atoms with Gasteiger partial charge in [0.2, 0.25) is 5.91 Å². The molecule has 2 heterocycles. The van der Waals surface area contributed by atoms with E-state index in [2.05, 4.69) is 36.9 Å². The summed E-state index contributed by atoms with van der Waals surface area (Å²) in [5, 5.41) is 11.6. The average Bonchev–Trinajstić information content (AvgIpc) is 3.40. The molecule has 3 aromatic carbocycles. The largest absolute Gasteiger partial charge is 0.496 e. The maximum Gasteiger partial charge on any atom is 0.239 e. The zero-order chi connectivity index (χ0) is 37.3. The fraction of sp³-hybridized carbons (Fsp3) is 0.548. The van der Waals surface area contributed by atoms with Gasteiger partial charge in [-0.3, -0.25) is 4.79 Å². The van der Waals surface area contributed by atoms with Crippen LogP contribution < -0.4 is 20.1 Å². The Bertz CT molecular complexity index is 1580. The van der Waals surface area contributed by atoms with E-state index in [-0.39, 0.29) is 29.7 Å². The molecule has 10 nitrogen and oxygen atoms in total. The molecule has 0 radical (unpaired) electrons. The Morgan fingerprint density at radius 1 is 0.962 bits per heavy atom. The lowest BCUT2D eigenvalue weighted by Gasteiger charge is -2.43. The van der Waals surface area contributed by atoms with Gasteiger partial charge in [0.05, 0.1) is 51.8 Å². The highest BCUT2D eigenvalue weighted by molar-refractivity contribution is 5.82. The van der Waals surface area contributed by atoms with E-state index < -0.39 is 18.2 Å². The molecule has 0 spiro atoms. The van der Waals surface area contributed by atoms with Gasteiger partial charge in [0, 0.05) is 68.9 Å². The van der Waals surface area contributed by atoms with E-state index in [0.717, 1.165) is 60.7 Å². The molecule has 3 N–H and O–H groups in total. The van der Waals surface area contributed by atoms with E-state index in [1.54, 1.807) is 19.1 Å². The number of nitrogens with two attached hydrogens (primary N) is 1. The number of fused-ring (bicyclic) bond motifs is 1. The fourth-order valence-electron chi connectivity index (χ4n) is 7.35. The van der Waals surface area contributed by atoms with Crippen molar-refractivity contribution in [2.45, 2.75) is 83.3 Å². The number of carbonyl (C=O) groups is 1. The summed E-state index contributed by atoms with van der Waals surface area (Å²) in [7, 11) is 3.40. The van der Waals surface area contributed by atoms with Gasteiger partial charge in [-0.25, -0.2) is 0 Å². The van der Waals surface area contributed by atoms with Gasteiger partial charge in [0.1, 0.15) is 11.5 Å². The topological polar surface area (TPSA) is 116 Å². The molecule has 0 bridgehead atoms. The molecule has 1 saturated heterocycles. The fourth-order valence-corrected chi connectivity index (χ4v) is 7.35. The minimum atomic E-state index is -0.827. The van der Waals surface area contributed by atoms with Crippen LogP contribution in [0.1, 0.15) is 68.7 Å². The van der Waals surface area contributed by atoms with Crippen molar-refractivity contribution in [1.29, 1.82) is 0 Å². The molecule has 3 aromatic rings. The third kappa shape index (κ3) is 9.85. The van der Waals surface area contributed by atoms with E-state index in [1.165, 1.54) is 11.3 Å². The van der Waals surface area contributed by atoms with Crippen molar-refractivity contribution in [3.8, 4) is 11.5 Å². The van der Waals surface area contributed by atoms with Crippen molar-refractivity contribution in [2.75, 3.05) is 65.1 Å². The molecule has 5 rings (SSSR count). The first kappa shape index (κ1) is 39.5. The summed E-state index contributed by atoms with van der Waals surface area (Å²) < 4.78 is 29.2. The summed E-state index contributed by atoms with van der Waals surface area (Å²) >= 11 is 0. The number of aliphatic hydroxyl groups excluding tert-OH is 1. The molecule has 0 unspecified atom stereocenters. The monoisotopic (exact) mass is 717 g/mol. The number of hydrogen-bond donors (Lipinski definition) is 2. The highest BCUT2D eigenvalue weighted by atomic mass is 16.5. The van der Waals surface area contributed by atoms with Gasteiger partial charge in [-0.1, -0.05) is 70.2 Å². The molecular formula is C42H59N3O7. The molecule has 1 amide bonds. The Hall–Kier alpha value is -3.67. The molecule has 0 aliphatic carbocycles. The van der Waals surface area contributed by atoms with Gasteiger partial charge < -0.3 is 44.3 Å². The quantitative estimate of drug-likeness (QED) is 0.161. The van der Waals surface area contributed by atoms with Gasteiger partial charge in [-0.2, -0.15) is 0 Å². The van der Waals surface area contributed by atoms with E-state index in [4.69, 9.17) is 29.4 Å². The van der Waals surface area contributed by atoms with Crippen molar-refractivity contribution in [1.82, 2.24) is 4.90 Å². The first-order valence-corrected chi connectivity index (χ1v) is 18.7. The summed E-state index contributed by atoms with van der Waals surface area (Å²) in [6, 6.07) is 21.6. The van der Waals surface area contributed by atoms with Crippen LogP contribution in [0.2, 0.25) is 0 Å². The highest BCUT2D eigenvalue weighted by Gasteiger charge is 2.41. The van der Waals surface area contributed by atoms with Crippen molar-refractivity contribution < 1.29 is 33.6 Å². The highest BCUT2D eigenvalue weighted by Crippen LogP contribution is 2.41. The Morgan fingerprint density at radius 3 is 2.46 bits per heavy atom. The van der Waals surface area contributed by atoms with Crippen LogP contribution in [0, 0.1) is 5.92 Å². The maximum absolute atomic E-state index is 13.4. The van der Waals surface area contributed by atoms with E-state index in [9.17, 15) is 9.90 Å². The number of rotatable bonds is 18. The van der Waals surface area contributed by atoms with Crippen LogP contribution in [0.3, 0.4) is 0 Å². The van der Waals surface area contributed by atoms with Gasteiger partial charge >= 0.3 is 0 Å². The van der Waals surface area contributed by atoms with Crippen molar-refractivity contribution in [3.05, 3.63) is 89.0 Å². The molecule has 284 valence electrons. The number of ether oxygens (including phenoxy) is 5. The standard InChI is InChI=1S/C42H59N3O7/c1-29(2)40(43)41(47)45-24-36(46)39(31-14-16-33(17-15-31)51-22-10-21-50-27-32-11-7-8-12-37(32)49-6)38(25-45)52-26-30-13-18-34-35(23-30)44(19-9-20-48-5)28-42(34,3)4/h7-8,11-18,23,29,36,38-40,46H,9-10,19-22,24-28,43H2,1-6H3/t36-,38+,39+,40+/m1/s1. The molecule has 1 fully saturated rings. The molecule has 2 aliphatic rings. The summed E-state index contributed by atoms with van der Waals surface area (Å²) in [5.41, 5.74) is 11.9. The predicted octanol–water partition coefficient (Wildman–Crippen LogP) is 5.67. The first-order valence-electron chi connectivity index (χ1n) is 18.7. The lowest BCUT2D eigenvalue weighted by molar-refractivity contribution is -0.144. The molecule has 10 heteroatoms. The number of benzene rings is 3. The third-order valence-electron chi connectivity index (χ3n) is 10.3. The lowest BCUT2D eigenvalue weighted by Crippen LogP contribution is -2.57. The van der Waals surface area contributed by atoms with Crippen LogP contribution >= 0.6 is 0 Å². The molecule has 2 aliphatic heterocycles. The van der Waals surface area contributed by atoms with Crippen LogP contribution in [-0.4, -0.2) is 94.4 Å². The average molecular weight is 718 g/mol. The van der Waals surface area contributed by atoms with Gasteiger partial charge in [0.15, 0.2) is 0 Å². The van der Waals surface area contributed by atoms with Crippen LogP contribution in [0.4, 0.5) is 5.69 Å². The normalized spacial score (nSPS) is 20.2. The summed E-state index contributed by atoms with van der Waals surface area (Å²) in [6.07, 6.45) is 0.426. The maximum atomic E-state index is 13.4. The van der Waals surface area contributed by atoms with Crippen LogP contribution in [0.15, 0.2) is 66.7 Å². The van der Waals surface area contributed by atoms with Gasteiger partial charge in [-0.05, 0) is 53.3 Å². The van der Waals surface area contributed by atoms with Gasteiger partial charge in [-0.15, -0.1) is 0 Å². The number of nitrogens with zero attached hydrogens (tertiary/aromatic N) is 2. The molecular weight excluding hydrogens is 658 g/mol. The van der Waals surface area contributed by atoms with E-state index in [0.29, 0.717) is 33.0 Å². The summed E-state index contributed by atoms with van der Waals surface area (Å²) in [6.45, 7) is 13.5. The van der Waals surface area contributed by atoms with Crippen molar-refractivity contribution in [3.63, 3.8) is 0 Å². The number of para-hydroxylation sites is 1. The summed E-state index contributed by atoms with van der Waals surface area (Å²) in [4.78, 5) is 17.5. The number of carbonyl (C=O) groups excluding carboxylic acids is 1. The van der Waals surface area contributed by atoms with Gasteiger partial charge in [0.25, 0.3) is 0 Å². The van der Waals surface area contributed by atoms with Crippen LogP contribution in [0.25, 0.3) is 0 Å². The Balaban J connectivity index is 1.24. The summed E-state index contributed by atoms with van der Waals surface area (Å²) in [5.74, 6) is 1.04. The molecule has 52 heavy (non-hydrogen) atoms. The number of piperidine rings is 1. The SMILES string of the molecule is COCCCN1CC(C)(C)c2ccc(CO[C@H]3CN(C(=O)[C@@H](N)C(C)C)C[C@@H](O)[C@@H]3c3ccc(OCCCOCc4ccccc4OC)cc3)cc21. The zero-order valence-electron chi connectivity index (χ0n) is 31.9. The number of β-amino-alcohol motifs (C(OH)–C–C–N with tert-alkyl or cyclic N) is 1. The third-order valence-corrected chi connectivity index (χ3v) is 10.3. The second-order valence-electron chi connectivity index (χ2n) is 15.1. The Kier molecular flexibility index (Phi) is 14.0. The number of amides is 1. The number of hydrogen-bond acceptors (Lipinski definition) is 9. The Morgan fingerprint density at radius 2 is 1.73 bits per heavy atom. The second kappa shape index (κ2) is 18.4. The first-order chi connectivity index (χ1) is 25.0. The molecule has 4 atom stereocenters. The van der Waals surface area contributed by atoms with Crippen LogP contribution in [-0.2, 0) is 37.6 Å². The number of anilines is 1. The van der Waals surface area contributed by atoms with E-state index in [1.807, 2.05) is 62.4 Å². The number of methoxy groups -OCH3 is 2.